The van der Waals surface area contributed by atoms with Crippen molar-refractivity contribution in [2.45, 2.75) is 18.9 Å². The van der Waals surface area contributed by atoms with Gasteiger partial charge in [-0.2, -0.15) is 0 Å². The molecule has 7 heteroatoms. The minimum Gasteiger partial charge on any atom is -0.381 e. The van der Waals surface area contributed by atoms with Crippen LogP contribution in [0.1, 0.15) is 23.6 Å². The largest absolute Gasteiger partial charge is 0.381 e. The lowest BCUT2D eigenvalue weighted by Crippen LogP contribution is -2.47. The highest BCUT2D eigenvalue weighted by molar-refractivity contribution is 7.91. The lowest BCUT2D eigenvalue weighted by Gasteiger charge is -2.33. The zero-order valence-corrected chi connectivity index (χ0v) is 18.0. The van der Waals surface area contributed by atoms with Gasteiger partial charge in [0.2, 0.25) is 5.91 Å². The summed E-state index contributed by atoms with van der Waals surface area (Å²) >= 11 is 0. The van der Waals surface area contributed by atoms with Gasteiger partial charge in [-0.1, -0.05) is 60.7 Å². The maximum atomic E-state index is 12.9. The van der Waals surface area contributed by atoms with Gasteiger partial charge in [-0.05, 0) is 24.0 Å². The van der Waals surface area contributed by atoms with E-state index in [1.807, 2.05) is 53.4 Å². The molecule has 0 aromatic heterocycles. The first-order valence-corrected chi connectivity index (χ1v) is 12.3. The third-order valence-corrected chi connectivity index (χ3v) is 6.86. The predicted molar refractivity (Wildman–Crippen MR) is 118 cm³/mol. The van der Waals surface area contributed by atoms with Gasteiger partial charge < -0.3 is 10.1 Å². The highest BCUT2D eigenvalue weighted by atomic mass is 32.2. The van der Waals surface area contributed by atoms with Gasteiger partial charge in [0.25, 0.3) is 0 Å². The van der Waals surface area contributed by atoms with Crippen LogP contribution in [0.5, 0.6) is 0 Å². The zero-order chi connectivity index (χ0) is 21.2. The topological polar surface area (TPSA) is 75.7 Å². The molecule has 3 rings (SSSR count). The molecular formula is C23H30N2O4S. The van der Waals surface area contributed by atoms with E-state index in [9.17, 15) is 13.2 Å². The number of ether oxygens (including phenoxy) is 1. The summed E-state index contributed by atoms with van der Waals surface area (Å²) in [6, 6.07) is 19.3. The Morgan fingerprint density at radius 2 is 1.60 bits per heavy atom. The molecule has 162 valence electrons. The van der Waals surface area contributed by atoms with Gasteiger partial charge in [0.1, 0.15) is 6.04 Å². The van der Waals surface area contributed by atoms with E-state index in [2.05, 4.69) is 17.4 Å². The van der Waals surface area contributed by atoms with Gasteiger partial charge in [0, 0.05) is 26.2 Å². The fourth-order valence-electron chi connectivity index (χ4n) is 3.57. The van der Waals surface area contributed by atoms with E-state index in [-0.39, 0.29) is 17.4 Å². The molecule has 0 radical (unpaired) electrons. The molecule has 1 aliphatic rings. The third-order valence-electron chi connectivity index (χ3n) is 5.25. The van der Waals surface area contributed by atoms with E-state index < -0.39 is 15.9 Å². The Balaban J connectivity index is 1.44. The molecule has 2 aromatic rings. The Labute approximate surface area is 179 Å². The summed E-state index contributed by atoms with van der Waals surface area (Å²) in [5.74, 6) is 0.0994. The zero-order valence-electron chi connectivity index (χ0n) is 17.2. The van der Waals surface area contributed by atoms with Crippen LogP contribution < -0.4 is 5.32 Å². The van der Waals surface area contributed by atoms with Crippen molar-refractivity contribution in [2.75, 3.05) is 44.4 Å². The van der Waals surface area contributed by atoms with Crippen molar-refractivity contribution in [1.29, 1.82) is 0 Å². The molecule has 1 heterocycles. The lowest BCUT2D eigenvalue weighted by atomic mass is 10.0. The quantitative estimate of drug-likeness (QED) is 0.585. The monoisotopic (exact) mass is 430 g/mol. The first-order chi connectivity index (χ1) is 14.6. The number of rotatable bonds is 10. The maximum Gasteiger partial charge on any atom is 0.241 e. The number of amides is 1. The fourth-order valence-corrected chi connectivity index (χ4v) is 4.80. The number of hydrogen-bond acceptors (Lipinski definition) is 5. The SMILES string of the molecule is O=C(NCCCOCCc1ccccc1)C(c1ccccc1)N1CCS(=O)(=O)CC1. The number of carbonyl (C=O) groups is 1. The van der Waals surface area contributed by atoms with Crippen molar-refractivity contribution in [2.24, 2.45) is 0 Å². The van der Waals surface area contributed by atoms with Crippen LogP contribution in [0.15, 0.2) is 60.7 Å². The van der Waals surface area contributed by atoms with Crippen molar-refractivity contribution in [1.82, 2.24) is 10.2 Å². The number of carbonyl (C=O) groups excluding carboxylic acids is 1. The van der Waals surface area contributed by atoms with Crippen molar-refractivity contribution in [3.63, 3.8) is 0 Å². The molecule has 0 bridgehead atoms. The van der Waals surface area contributed by atoms with Gasteiger partial charge in [-0.15, -0.1) is 0 Å². The summed E-state index contributed by atoms with van der Waals surface area (Å²) in [7, 11) is -3.00. The number of benzene rings is 2. The van der Waals surface area contributed by atoms with E-state index >= 15 is 0 Å². The van der Waals surface area contributed by atoms with Crippen LogP contribution in [0, 0.1) is 0 Å². The summed E-state index contributed by atoms with van der Waals surface area (Å²) in [6.45, 7) is 2.52. The van der Waals surface area contributed by atoms with Gasteiger partial charge in [0.05, 0.1) is 18.1 Å². The molecule has 1 aliphatic heterocycles. The van der Waals surface area contributed by atoms with E-state index in [0.717, 1.165) is 18.4 Å². The second-order valence-corrected chi connectivity index (χ2v) is 9.80. The van der Waals surface area contributed by atoms with Gasteiger partial charge in [-0.25, -0.2) is 8.42 Å². The number of sulfone groups is 1. The predicted octanol–water partition coefficient (Wildman–Crippen LogP) is 2.22. The molecular weight excluding hydrogens is 400 g/mol. The molecule has 1 amide bonds. The molecule has 0 saturated carbocycles. The number of nitrogens with zero attached hydrogens (tertiary/aromatic N) is 1. The second kappa shape index (κ2) is 11.2. The summed E-state index contributed by atoms with van der Waals surface area (Å²) in [4.78, 5) is 14.9. The van der Waals surface area contributed by atoms with Gasteiger partial charge in [-0.3, -0.25) is 9.69 Å². The van der Waals surface area contributed by atoms with E-state index in [1.165, 1.54) is 5.56 Å². The lowest BCUT2D eigenvalue weighted by molar-refractivity contribution is -0.126. The smallest absolute Gasteiger partial charge is 0.241 e. The molecule has 0 spiro atoms. The number of nitrogens with one attached hydrogen (secondary N) is 1. The van der Waals surface area contributed by atoms with Gasteiger partial charge in [0.15, 0.2) is 9.84 Å². The van der Waals surface area contributed by atoms with Crippen LogP contribution in [-0.4, -0.2) is 63.6 Å². The van der Waals surface area contributed by atoms with E-state index in [1.54, 1.807) is 0 Å². The fraction of sp³-hybridized carbons (Fsp3) is 0.435. The Hall–Kier alpha value is -2.22. The minimum absolute atomic E-state index is 0.0928. The summed E-state index contributed by atoms with van der Waals surface area (Å²) in [6.07, 6.45) is 1.61. The molecule has 2 aromatic carbocycles. The normalized spacial score (nSPS) is 17.3. The van der Waals surface area contributed by atoms with Crippen molar-refractivity contribution in [3.8, 4) is 0 Å². The Morgan fingerprint density at radius 1 is 0.967 bits per heavy atom. The number of hydrogen-bond donors (Lipinski definition) is 1. The Bertz CT molecular complexity index is 874. The highest BCUT2D eigenvalue weighted by Crippen LogP contribution is 2.23. The van der Waals surface area contributed by atoms with Crippen molar-refractivity contribution in [3.05, 3.63) is 71.8 Å². The molecule has 1 fully saturated rings. The standard InChI is InChI=1S/C23H30N2O4S/c26-23(24-13-7-16-29-17-12-20-8-3-1-4-9-20)22(21-10-5-2-6-11-21)25-14-18-30(27,28)19-15-25/h1-6,8-11,22H,7,12-19H2,(H,24,26). The van der Waals surface area contributed by atoms with Crippen molar-refractivity contribution < 1.29 is 17.9 Å². The molecule has 30 heavy (non-hydrogen) atoms. The Morgan fingerprint density at radius 3 is 2.27 bits per heavy atom. The van der Waals surface area contributed by atoms with E-state index in [0.29, 0.717) is 32.8 Å². The summed E-state index contributed by atoms with van der Waals surface area (Å²) in [5.41, 5.74) is 2.13. The minimum atomic E-state index is -3.00. The molecule has 1 unspecified atom stereocenters. The molecule has 0 aliphatic carbocycles. The molecule has 6 nitrogen and oxygen atoms in total. The van der Waals surface area contributed by atoms with E-state index in [4.69, 9.17) is 4.74 Å². The average Bonchev–Trinajstić information content (AvgIpc) is 2.76. The first kappa shape index (κ1) is 22.5. The maximum absolute atomic E-state index is 12.9. The molecule has 1 atom stereocenters. The van der Waals surface area contributed by atoms with Crippen LogP contribution >= 0.6 is 0 Å². The molecule has 1 saturated heterocycles. The summed E-state index contributed by atoms with van der Waals surface area (Å²) in [5, 5.41) is 3.00. The third kappa shape index (κ3) is 6.93. The van der Waals surface area contributed by atoms with Crippen LogP contribution in [0.25, 0.3) is 0 Å². The Kier molecular flexibility index (Phi) is 8.42. The highest BCUT2D eigenvalue weighted by Gasteiger charge is 2.32. The van der Waals surface area contributed by atoms with Crippen LogP contribution in [0.4, 0.5) is 0 Å². The van der Waals surface area contributed by atoms with Crippen molar-refractivity contribution >= 4 is 15.7 Å². The summed E-state index contributed by atoms with van der Waals surface area (Å²) < 4.78 is 29.2. The second-order valence-electron chi connectivity index (χ2n) is 7.49. The van der Waals surface area contributed by atoms with Gasteiger partial charge >= 0.3 is 0 Å². The van der Waals surface area contributed by atoms with Crippen LogP contribution in [-0.2, 0) is 25.8 Å². The molecule has 1 N–H and O–H groups in total. The van der Waals surface area contributed by atoms with Crippen LogP contribution in [0.2, 0.25) is 0 Å². The first-order valence-electron chi connectivity index (χ1n) is 10.4. The average molecular weight is 431 g/mol. The van der Waals surface area contributed by atoms with Crippen LogP contribution in [0.3, 0.4) is 0 Å².